The average Bonchev–Trinajstić information content (AvgIpc) is 2.68. The summed E-state index contributed by atoms with van der Waals surface area (Å²) in [7, 11) is 1.83. The highest BCUT2D eigenvalue weighted by Gasteiger charge is 2.11. The van der Waals surface area contributed by atoms with Crippen molar-refractivity contribution in [2.24, 2.45) is 7.05 Å². The molecule has 0 aliphatic carbocycles. The first-order valence-electron chi connectivity index (χ1n) is 6.77. The molecule has 2 amide bonds. The fourth-order valence-corrected chi connectivity index (χ4v) is 2.08. The van der Waals surface area contributed by atoms with Crippen LogP contribution in [0.4, 0.5) is 14.9 Å². The first-order chi connectivity index (χ1) is 9.97. The molecule has 1 aromatic carbocycles. The van der Waals surface area contributed by atoms with Gasteiger partial charge in [-0.1, -0.05) is 12.1 Å². The molecule has 0 saturated heterocycles. The second-order valence-electron chi connectivity index (χ2n) is 4.93. The van der Waals surface area contributed by atoms with Gasteiger partial charge in [0.05, 0.1) is 17.1 Å². The third-order valence-electron chi connectivity index (χ3n) is 3.36. The van der Waals surface area contributed by atoms with Crippen LogP contribution in [0.2, 0.25) is 0 Å². The molecule has 2 aromatic rings. The number of nitrogens with zero attached hydrogens (tertiary/aromatic N) is 2. The normalized spacial score (nSPS) is 10.5. The predicted octanol–water partition coefficient (Wildman–Crippen LogP) is 2.54. The maximum atomic E-state index is 12.8. The Morgan fingerprint density at radius 1 is 1.29 bits per heavy atom. The van der Waals surface area contributed by atoms with Crippen LogP contribution in [0.15, 0.2) is 24.3 Å². The molecule has 112 valence electrons. The Morgan fingerprint density at radius 3 is 2.52 bits per heavy atom. The highest BCUT2D eigenvalue weighted by molar-refractivity contribution is 5.90. The number of rotatable bonds is 4. The van der Waals surface area contributed by atoms with Crippen molar-refractivity contribution in [1.82, 2.24) is 15.1 Å². The van der Waals surface area contributed by atoms with Crippen molar-refractivity contribution in [2.45, 2.75) is 20.3 Å². The van der Waals surface area contributed by atoms with Crippen molar-refractivity contribution >= 4 is 11.7 Å². The average molecular weight is 290 g/mol. The fraction of sp³-hybridized carbons (Fsp3) is 0.333. The van der Waals surface area contributed by atoms with Gasteiger partial charge >= 0.3 is 6.03 Å². The number of carbonyl (C=O) groups excluding carboxylic acids is 1. The number of hydrogen-bond donors (Lipinski definition) is 2. The number of halogens is 1. The standard InChI is InChI=1S/C15H19FN4O/c1-10-14(11(2)20(3)19-10)18-15(21)17-9-8-12-4-6-13(16)7-5-12/h4-7H,8-9H2,1-3H3,(H2,17,18,21). The molecule has 0 bridgehead atoms. The van der Waals surface area contributed by atoms with Gasteiger partial charge in [0.1, 0.15) is 5.82 Å². The van der Waals surface area contributed by atoms with Gasteiger partial charge in [0, 0.05) is 13.6 Å². The zero-order valence-corrected chi connectivity index (χ0v) is 12.4. The molecule has 2 N–H and O–H groups in total. The number of amides is 2. The van der Waals surface area contributed by atoms with Crippen LogP contribution >= 0.6 is 0 Å². The molecule has 0 unspecified atom stereocenters. The van der Waals surface area contributed by atoms with Gasteiger partial charge in [-0.25, -0.2) is 9.18 Å². The highest BCUT2D eigenvalue weighted by Crippen LogP contribution is 2.17. The molecule has 0 aliphatic rings. The number of hydrogen-bond acceptors (Lipinski definition) is 2. The summed E-state index contributed by atoms with van der Waals surface area (Å²) in [4.78, 5) is 11.9. The molecule has 5 nitrogen and oxygen atoms in total. The lowest BCUT2D eigenvalue weighted by atomic mass is 10.1. The van der Waals surface area contributed by atoms with Crippen LogP contribution in [0.25, 0.3) is 0 Å². The van der Waals surface area contributed by atoms with Gasteiger partial charge < -0.3 is 10.6 Å². The van der Waals surface area contributed by atoms with Crippen molar-refractivity contribution in [3.05, 3.63) is 47.0 Å². The van der Waals surface area contributed by atoms with E-state index in [1.165, 1.54) is 12.1 Å². The van der Waals surface area contributed by atoms with E-state index in [0.29, 0.717) is 13.0 Å². The van der Waals surface area contributed by atoms with E-state index in [-0.39, 0.29) is 11.8 Å². The largest absolute Gasteiger partial charge is 0.338 e. The smallest absolute Gasteiger partial charge is 0.319 e. The van der Waals surface area contributed by atoms with Crippen LogP contribution in [0, 0.1) is 19.7 Å². The molecule has 1 aromatic heterocycles. The summed E-state index contributed by atoms with van der Waals surface area (Å²) in [5.41, 5.74) is 3.40. The summed E-state index contributed by atoms with van der Waals surface area (Å²) in [6.45, 7) is 4.23. The summed E-state index contributed by atoms with van der Waals surface area (Å²) in [6.07, 6.45) is 0.651. The first-order valence-corrected chi connectivity index (χ1v) is 6.77. The maximum Gasteiger partial charge on any atom is 0.319 e. The van der Waals surface area contributed by atoms with E-state index >= 15 is 0 Å². The van der Waals surface area contributed by atoms with Gasteiger partial charge in [0.2, 0.25) is 0 Å². The Labute approximate surface area is 123 Å². The van der Waals surface area contributed by atoms with Crippen molar-refractivity contribution in [2.75, 3.05) is 11.9 Å². The number of aromatic nitrogens is 2. The molecule has 0 radical (unpaired) electrons. The SMILES string of the molecule is Cc1nn(C)c(C)c1NC(=O)NCCc1ccc(F)cc1. The van der Waals surface area contributed by atoms with Crippen molar-refractivity contribution < 1.29 is 9.18 Å². The van der Waals surface area contributed by atoms with E-state index in [2.05, 4.69) is 15.7 Å². The lowest BCUT2D eigenvalue weighted by molar-refractivity contribution is 0.252. The second-order valence-corrected chi connectivity index (χ2v) is 4.93. The summed E-state index contributed by atoms with van der Waals surface area (Å²) in [5.74, 6) is -0.257. The number of anilines is 1. The minimum Gasteiger partial charge on any atom is -0.338 e. The number of carbonyl (C=O) groups is 1. The summed E-state index contributed by atoms with van der Waals surface area (Å²) < 4.78 is 14.5. The van der Waals surface area contributed by atoms with Gasteiger partial charge in [0.25, 0.3) is 0 Å². The summed E-state index contributed by atoms with van der Waals surface area (Å²) in [6, 6.07) is 5.99. The number of aryl methyl sites for hydroxylation is 2. The van der Waals surface area contributed by atoms with Crippen molar-refractivity contribution in [1.29, 1.82) is 0 Å². The van der Waals surface area contributed by atoms with E-state index in [0.717, 1.165) is 22.6 Å². The molecular formula is C15H19FN4O. The van der Waals surface area contributed by atoms with E-state index in [9.17, 15) is 9.18 Å². The van der Waals surface area contributed by atoms with Crippen LogP contribution in [0.5, 0.6) is 0 Å². The van der Waals surface area contributed by atoms with Crippen LogP contribution < -0.4 is 10.6 Å². The van der Waals surface area contributed by atoms with Crippen molar-refractivity contribution in [3.63, 3.8) is 0 Å². The van der Waals surface area contributed by atoms with E-state index in [4.69, 9.17) is 0 Å². The molecule has 0 spiro atoms. The van der Waals surface area contributed by atoms with Gasteiger partial charge in [-0.05, 0) is 38.0 Å². The summed E-state index contributed by atoms with van der Waals surface area (Å²) >= 11 is 0. The zero-order chi connectivity index (χ0) is 15.4. The molecule has 0 aliphatic heterocycles. The van der Waals surface area contributed by atoms with E-state index < -0.39 is 0 Å². The van der Waals surface area contributed by atoms with Gasteiger partial charge in [-0.2, -0.15) is 5.10 Å². The zero-order valence-electron chi connectivity index (χ0n) is 12.4. The van der Waals surface area contributed by atoms with Gasteiger partial charge in [-0.15, -0.1) is 0 Å². The fourth-order valence-electron chi connectivity index (χ4n) is 2.08. The Balaban J connectivity index is 1.83. The third kappa shape index (κ3) is 3.81. The van der Waals surface area contributed by atoms with Crippen molar-refractivity contribution in [3.8, 4) is 0 Å². The van der Waals surface area contributed by atoms with Crippen LogP contribution in [0.1, 0.15) is 17.0 Å². The number of nitrogens with one attached hydrogen (secondary N) is 2. The molecule has 21 heavy (non-hydrogen) atoms. The summed E-state index contributed by atoms with van der Waals surface area (Å²) in [5, 5.41) is 9.82. The Hall–Kier alpha value is -2.37. The van der Waals surface area contributed by atoms with Gasteiger partial charge in [-0.3, -0.25) is 4.68 Å². The van der Waals surface area contributed by atoms with E-state index in [1.807, 2.05) is 20.9 Å². The molecule has 2 rings (SSSR count). The van der Waals surface area contributed by atoms with Crippen LogP contribution in [-0.2, 0) is 13.5 Å². The molecule has 6 heteroatoms. The predicted molar refractivity (Wildman–Crippen MR) is 79.8 cm³/mol. The Kier molecular flexibility index (Phi) is 4.57. The Morgan fingerprint density at radius 2 is 1.95 bits per heavy atom. The minimum atomic E-state index is -0.267. The number of benzene rings is 1. The first kappa shape index (κ1) is 15.0. The molecule has 0 fully saturated rings. The monoisotopic (exact) mass is 290 g/mol. The van der Waals surface area contributed by atoms with E-state index in [1.54, 1.807) is 16.8 Å². The molecule has 0 saturated carbocycles. The topological polar surface area (TPSA) is 59.0 Å². The Bertz CT molecular complexity index is 634. The van der Waals surface area contributed by atoms with Crippen LogP contribution in [0.3, 0.4) is 0 Å². The molecule has 0 atom stereocenters. The quantitative estimate of drug-likeness (QED) is 0.909. The van der Waals surface area contributed by atoms with Gasteiger partial charge in [0.15, 0.2) is 0 Å². The third-order valence-corrected chi connectivity index (χ3v) is 3.36. The lowest BCUT2D eigenvalue weighted by Crippen LogP contribution is -2.30. The molecule has 1 heterocycles. The number of urea groups is 1. The van der Waals surface area contributed by atoms with Crippen LogP contribution in [-0.4, -0.2) is 22.4 Å². The highest BCUT2D eigenvalue weighted by atomic mass is 19.1. The second kappa shape index (κ2) is 6.39. The maximum absolute atomic E-state index is 12.8. The minimum absolute atomic E-state index is 0.257. The lowest BCUT2D eigenvalue weighted by Gasteiger charge is -2.08. The molecular weight excluding hydrogens is 271 g/mol.